The number of pyridine rings is 2. The Kier molecular flexibility index (Phi) is 5.05. The molecule has 3 aromatic rings. The Hall–Kier alpha value is -3.26. The first-order valence-electron chi connectivity index (χ1n) is 9.43. The van der Waals surface area contributed by atoms with Crippen LogP contribution in [0.1, 0.15) is 31.0 Å². The van der Waals surface area contributed by atoms with Crippen LogP contribution in [0.2, 0.25) is 5.02 Å². The molecule has 0 fully saturated rings. The summed E-state index contributed by atoms with van der Waals surface area (Å²) in [4.78, 5) is 19.4. The van der Waals surface area contributed by atoms with E-state index in [0.29, 0.717) is 11.4 Å². The van der Waals surface area contributed by atoms with Crippen LogP contribution >= 0.6 is 11.6 Å². The van der Waals surface area contributed by atoms with E-state index in [9.17, 15) is 18.0 Å². The zero-order valence-electron chi connectivity index (χ0n) is 16.6. The number of aromatic nitrogens is 2. The Morgan fingerprint density at radius 2 is 1.90 bits per heavy atom. The molecule has 0 radical (unpaired) electrons. The number of H-pyrrole nitrogens is 1. The summed E-state index contributed by atoms with van der Waals surface area (Å²) in [5, 5.41) is 5.73. The fraction of sp³-hybridized carbons (Fsp3) is 0.182. The van der Waals surface area contributed by atoms with E-state index in [2.05, 4.69) is 27.2 Å². The topological polar surface area (TPSA) is 69.8 Å². The Morgan fingerprint density at radius 3 is 2.61 bits per heavy atom. The predicted molar refractivity (Wildman–Crippen MR) is 116 cm³/mol. The third-order valence-electron chi connectivity index (χ3n) is 5.05. The van der Waals surface area contributed by atoms with Gasteiger partial charge in [0, 0.05) is 22.5 Å². The van der Waals surface area contributed by atoms with E-state index in [0.717, 1.165) is 6.07 Å². The third-order valence-corrected chi connectivity index (χ3v) is 5.29. The van der Waals surface area contributed by atoms with Gasteiger partial charge in [0.1, 0.15) is 11.6 Å². The Morgan fingerprint density at radius 1 is 1.16 bits per heavy atom. The minimum Gasteiger partial charge on any atom is -0.354 e. The van der Waals surface area contributed by atoms with Crippen LogP contribution in [0.15, 0.2) is 53.6 Å². The molecule has 1 aromatic carbocycles. The maximum absolute atomic E-state index is 14.7. The lowest BCUT2D eigenvalue weighted by Crippen LogP contribution is -2.17. The van der Waals surface area contributed by atoms with Crippen molar-refractivity contribution < 1.29 is 13.2 Å². The first-order chi connectivity index (χ1) is 14.6. The quantitative estimate of drug-likeness (QED) is 0.451. The number of anilines is 3. The van der Waals surface area contributed by atoms with Crippen LogP contribution in [0.25, 0.3) is 11.1 Å². The fourth-order valence-electron chi connectivity index (χ4n) is 3.50. The minimum absolute atomic E-state index is 0.00312. The van der Waals surface area contributed by atoms with Crippen LogP contribution in [-0.4, -0.2) is 9.97 Å². The number of aromatic amines is 1. The Labute approximate surface area is 181 Å². The van der Waals surface area contributed by atoms with Crippen molar-refractivity contribution in [2.45, 2.75) is 25.7 Å². The lowest BCUT2D eigenvalue weighted by atomic mass is 10.0. The summed E-state index contributed by atoms with van der Waals surface area (Å²) in [5.74, 6) is -4.13. The molecule has 4 rings (SSSR count). The summed E-state index contributed by atoms with van der Waals surface area (Å²) >= 11 is 5.98. The smallest absolute Gasteiger partial charge is 0.317 e. The van der Waals surface area contributed by atoms with Crippen molar-refractivity contribution in [1.29, 1.82) is 0 Å². The minimum atomic E-state index is -3.34. The maximum Gasteiger partial charge on any atom is 0.317 e. The molecule has 31 heavy (non-hydrogen) atoms. The summed E-state index contributed by atoms with van der Waals surface area (Å²) in [5.41, 5.74) is -0.392. The molecule has 0 amide bonds. The molecule has 3 N–H and O–H groups in total. The van der Waals surface area contributed by atoms with Gasteiger partial charge in [0.05, 0.1) is 28.2 Å². The summed E-state index contributed by atoms with van der Waals surface area (Å²) in [7, 11) is 0. The monoisotopic (exact) mass is 446 g/mol. The molecule has 9 heteroatoms. The number of hydrogen-bond acceptors (Lipinski definition) is 4. The van der Waals surface area contributed by atoms with Crippen LogP contribution < -0.4 is 16.2 Å². The Bertz CT molecular complexity index is 1270. The highest BCUT2D eigenvalue weighted by molar-refractivity contribution is 6.30. The van der Waals surface area contributed by atoms with Gasteiger partial charge in [-0.3, -0.25) is 4.79 Å². The molecule has 0 atom stereocenters. The highest BCUT2D eigenvalue weighted by Crippen LogP contribution is 2.48. The van der Waals surface area contributed by atoms with Gasteiger partial charge >= 0.3 is 5.92 Å². The molecular weight excluding hydrogens is 429 g/mol. The van der Waals surface area contributed by atoms with Gasteiger partial charge in [-0.25, -0.2) is 9.37 Å². The van der Waals surface area contributed by atoms with Crippen LogP contribution in [0.4, 0.5) is 30.4 Å². The number of halogens is 4. The van der Waals surface area contributed by atoms with Gasteiger partial charge in [-0.05, 0) is 36.2 Å². The maximum atomic E-state index is 14.7. The van der Waals surface area contributed by atoms with Gasteiger partial charge in [0.15, 0.2) is 0 Å². The first-order valence-corrected chi connectivity index (χ1v) is 9.80. The second kappa shape index (κ2) is 7.46. The highest BCUT2D eigenvalue weighted by atomic mass is 35.5. The van der Waals surface area contributed by atoms with Crippen molar-refractivity contribution in [3.63, 3.8) is 0 Å². The highest BCUT2D eigenvalue weighted by Gasteiger charge is 2.46. The number of nitrogens with zero attached hydrogens (tertiary/aromatic N) is 1. The van der Waals surface area contributed by atoms with Crippen molar-refractivity contribution in [2.75, 3.05) is 10.6 Å². The van der Waals surface area contributed by atoms with Gasteiger partial charge in [-0.15, -0.1) is 0 Å². The molecule has 1 aliphatic heterocycles. The molecule has 3 heterocycles. The van der Waals surface area contributed by atoms with E-state index in [-0.39, 0.29) is 39.1 Å². The average Bonchev–Trinajstić information content (AvgIpc) is 2.94. The van der Waals surface area contributed by atoms with Crippen LogP contribution in [0.3, 0.4) is 0 Å². The van der Waals surface area contributed by atoms with Crippen molar-refractivity contribution in [3.8, 4) is 11.1 Å². The number of fused-ring (bicyclic) bond motifs is 1. The average molecular weight is 447 g/mol. The van der Waals surface area contributed by atoms with Crippen molar-refractivity contribution >= 4 is 28.8 Å². The van der Waals surface area contributed by atoms with E-state index in [1.165, 1.54) is 30.5 Å². The van der Waals surface area contributed by atoms with Crippen LogP contribution in [0, 0.1) is 5.82 Å². The van der Waals surface area contributed by atoms with Gasteiger partial charge in [-0.1, -0.05) is 32.0 Å². The SMILES string of the molecule is C=C1Nc2nccc(Nc3cc(-c4cc(Cl)ccc4F)c(=O)[nH]c3C(C)C)c2C1(F)F. The molecular formula is C22H18ClF3N4O. The van der Waals surface area contributed by atoms with Gasteiger partial charge in [0.2, 0.25) is 0 Å². The molecule has 0 aliphatic carbocycles. The van der Waals surface area contributed by atoms with Gasteiger partial charge < -0.3 is 15.6 Å². The summed E-state index contributed by atoms with van der Waals surface area (Å²) in [6, 6.07) is 6.71. The third kappa shape index (κ3) is 3.57. The number of hydrogen-bond donors (Lipinski definition) is 3. The zero-order valence-corrected chi connectivity index (χ0v) is 17.4. The molecule has 1 aliphatic rings. The van der Waals surface area contributed by atoms with E-state index in [1.54, 1.807) is 0 Å². The zero-order chi connectivity index (χ0) is 22.5. The van der Waals surface area contributed by atoms with Crippen molar-refractivity contribution in [3.05, 3.63) is 81.3 Å². The van der Waals surface area contributed by atoms with Crippen molar-refractivity contribution in [2.24, 2.45) is 0 Å². The summed E-state index contributed by atoms with van der Waals surface area (Å²) in [6.07, 6.45) is 1.38. The van der Waals surface area contributed by atoms with Gasteiger partial charge in [0.25, 0.3) is 5.56 Å². The molecule has 0 unspecified atom stereocenters. The molecule has 0 saturated carbocycles. The molecule has 0 bridgehead atoms. The van der Waals surface area contributed by atoms with Crippen LogP contribution in [0.5, 0.6) is 0 Å². The number of benzene rings is 1. The molecule has 0 saturated heterocycles. The largest absolute Gasteiger partial charge is 0.354 e. The van der Waals surface area contributed by atoms with E-state index in [4.69, 9.17) is 11.6 Å². The lowest BCUT2D eigenvalue weighted by Gasteiger charge is -2.19. The number of alkyl halides is 2. The van der Waals surface area contributed by atoms with E-state index >= 15 is 0 Å². The van der Waals surface area contributed by atoms with E-state index < -0.39 is 23.0 Å². The standard InChI is InChI=1S/C22H18ClF3N4O/c1-10(2)19-17(9-14(21(31)30-19)13-8-12(23)4-5-15(13)24)29-16-6-7-27-20-18(16)22(25,26)11(3)28-20/h4-10H,3H2,1-2H3,(H,30,31)(H2,27,28,29). The number of nitrogens with one attached hydrogen (secondary N) is 3. The normalized spacial score (nSPS) is 14.5. The molecule has 160 valence electrons. The summed E-state index contributed by atoms with van der Waals surface area (Å²) < 4.78 is 43.8. The van der Waals surface area contributed by atoms with E-state index in [1.807, 2.05) is 13.8 Å². The predicted octanol–water partition coefficient (Wildman–Crippen LogP) is 6.13. The second-order valence-corrected chi connectivity index (χ2v) is 7.94. The molecule has 2 aromatic heterocycles. The fourth-order valence-corrected chi connectivity index (χ4v) is 3.68. The lowest BCUT2D eigenvalue weighted by molar-refractivity contribution is 0.0472. The van der Waals surface area contributed by atoms with Crippen molar-refractivity contribution in [1.82, 2.24) is 9.97 Å². The molecule has 0 spiro atoms. The van der Waals surface area contributed by atoms with Gasteiger partial charge in [-0.2, -0.15) is 8.78 Å². The molecule has 5 nitrogen and oxygen atoms in total. The summed E-state index contributed by atoms with van der Waals surface area (Å²) in [6.45, 7) is 7.05. The number of allylic oxidation sites excluding steroid dienone is 1. The Balaban J connectivity index is 1.89. The number of rotatable bonds is 4. The van der Waals surface area contributed by atoms with Crippen LogP contribution in [-0.2, 0) is 5.92 Å². The first kappa shape index (κ1) is 21.0. The second-order valence-electron chi connectivity index (χ2n) is 7.50.